The van der Waals surface area contributed by atoms with Crippen molar-refractivity contribution in [3.05, 3.63) is 64.7 Å². The quantitative estimate of drug-likeness (QED) is 0.497. The van der Waals surface area contributed by atoms with E-state index in [1.807, 2.05) is 18.9 Å². The molecule has 202 valence electrons. The number of hydrogen-bond donors (Lipinski definition) is 1. The van der Waals surface area contributed by atoms with Crippen LogP contribution in [0.1, 0.15) is 34.6 Å². The molecule has 0 saturated carbocycles. The summed E-state index contributed by atoms with van der Waals surface area (Å²) in [5.41, 5.74) is 1.89. The highest BCUT2D eigenvalue weighted by atomic mass is 35.5. The number of pyridine rings is 1. The van der Waals surface area contributed by atoms with E-state index in [9.17, 15) is 14.7 Å². The van der Waals surface area contributed by atoms with Crippen LogP contribution in [-0.4, -0.2) is 73.8 Å². The number of piperazine rings is 1. The highest BCUT2D eigenvalue weighted by molar-refractivity contribution is 6.35. The number of fused-ring (bicyclic) bond motifs is 3. The Morgan fingerprint density at radius 2 is 2.08 bits per heavy atom. The maximum atomic E-state index is 15.1. The number of aryl methyl sites for hydroxylation is 1. The lowest BCUT2D eigenvalue weighted by Crippen LogP contribution is -2.57. The summed E-state index contributed by atoms with van der Waals surface area (Å²) < 4.78 is 23.0. The van der Waals surface area contributed by atoms with Gasteiger partial charge in [0.15, 0.2) is 5.75 Å². The van der Waals surface area contributed by atoms with E-state index in [1.165, 1.54) is 24.3 Å². The summed E-state index contributed by atoms with van der Waals surface area (Å²) in [7, 11) is 1.85. The van der Waals surface area contributed by atoms with Gasteiger partial charge in [0, 0.05) is 38.8 Å². The number of aromatic nitrogens is 3. The van der Waals surface area contributed by atoms with Crippen molar-refractivity contribution < 1.29 is 23.8 Å². The minimum Gasteiger partial charge on any atom is -0.507 e. The van der Waals surface area contributed by atoms with Gasteiger partial charge in [-0.3, -0.25) is 14.3 Å². The summed E-state index contributed by atoms with van der Waals surface area (Å²) in [6, 6.07) is 3.28. The molecule has 3 aliphatic heterocycles. The number of aromatic hydroxyl groups is 1. The Labute approximate surface area is 228 Å². The Bertz CT molecular complexity index is 1520. The zero-order chi connectivity index (χ0) is 27.6. The van der Waals surface area contributed by atoms with E-state index >= 15 is 4.39 Å². The lowest BCUT2D eigenvalue weighted by Gasteiger charge is -2.39. The third kappa shape index (κ3) is 3.82. The summed E-state index contributed by atoms with van der Waals surface area (Å²) in [4.78, 5) is 36.4. The first-order chi connectivity index (χ1) is 18.7. The van der Waals surface area contributed by atoms with Crippen molar-refractivity contribution in [3.8, 4) is 22.8 Å². The Kier molecular flexibility index (Phi) is 5.98. The molecule has 0 spiro atoms. The number of carbonyl (C=O) groups is 2. The monoisotopic (exact) mass is 552 g/mol. The first-order valence-electron chi connectivity index (χ1n) is 12.5. The molecular weight excluding hydrogens is 527 g/mol. The molecule has 0 aliphatic carbocycles. The van der Waals surface area contributed by atoms with Crippen LogP contribution in [-0.2, 0) is 18.4 Å². The maximum absolute atomic E-state index is 15.1. The molecule has 0 radical (unpaired) electrons. The molecule has 2 aromatic heterocycles. The molecule has 2 atom stereocenters. The number of rotatable bonds is 3. The van der Waals surface area contributed by atoms with Gasteiger partial charge < -0.3 is 24.5 Å². The summed E-state index contributed by atoms with van der Waals surface area (Å²) in [5.74, 6) is -1.28. The smallest absolute Gasteiger partial charge is 0.261 e. The lowest BCUT2D eigenvalue weighted by molar-refractivity contribution is -0.128. The minimum atomic E-state index is -0.715. The Hall–Kier alpha value is -4.12. The fourth-order valence-corrected chi connectivity index (χ4v) is 6.06. The minimum absolute atomic E-state index is 0.0292. The van der Waals surface area contributed by atoms with E-state index in [-0.39, 0.29) is 70.2 Å². The average Bonchev–Trinajstić information content (AvgIpc) is 3.41. The number of amides is 2. The van der Waals surface area contributed by atoms with Crippen LogP contribution in [0.3, 0.4) is 0 Å². The fourth-order valence-electron chi connectivity index (χ4n) is 5.78. The summed E-state index contributed by atoms with van der Waals surface area (Å²) >= 11 is 6.80. The van der Waals surface area contributed by atoms with Gasteiger partial charge >= 0.3 is 0 Å². The Morgan fingerprint density at radius 1 is 1.28 bits per heavy atom. The molecular formula is C27H26ClFN6O4. The second-order valence-corrected chi connectivity index (χ2v) is 10.2. The SMILES string of the molecule is C=CC(=O)N1CCN2C(=O)c3c(N4Cc5cnn(C)c5C4C)nc(-c4c(O)cccc4F)c(Cl)c3OC[C@H]2C1. The van der Waals surface area contributed by atoms with Gasteiger partial charge in [0.05, 0.1) is 29.5 Å². The van der Waals surface area contributed by atoms with Gasteiger partial charge in [0.1, 0.15) is 40.3 Å². The van der Waals surface area contributed by atoms with Crippen LogP contribution >= 0.6 is 11.6 Å². The largest absolute Gasteiger partial charge is 0.507 e. The van der Waals surface area contributed by atoms with E-state index in [2.05, 4.69) is 11.7 Å². The predicted octanol–water partition coefficient (Wildman–Crippen LogP) is 3.29. The molecule has 1 saturated heterocycles. The van der Waals surface area contributed by atoms with Gasteiger partial charge in [0.25, 0.3) is 5.91 Å². The van der Waals surface area contributed by atoms with E-state index in [4.69, 9.17) is 21.3 Å². The second-order valence-electron chi connectivity index (χ2n) is 9.87. The first kappa shape index (κ1) is 25.2. The standard InChI is InChI=1S/C27H26ClFN6O4/c1-4-19(37)33-8-9-34-16(12-33)13-39-25-21(27(34)38)26(35-11-15-10-30-32(3)24(15)14(35)2)31-23(22(25)28)20-17(29)6-5-7-18(20)36/h4-7,10,14,16,36H,1,8-9,11-13H2,2-3H3/t14?,16-/m1/s1. The number of ether oxygens (including phenoxy) is 1. The molecule has 1 fully saturated rings. The molecule has 10 nitrogen and oxygen atoms in total. The van der Waals surface area contributed by atoms with Crippen molar-refractivity contribution in [1.82, 2.24) is 24.6 Å². The van der Waals surface area contributed by atoms with Gasteiger partial charge in [-0.1, -0.05) is 24.2 Å². The number of phenolic OH excluding ortho intramolecular Hbond substituents is 1. The molecule has 5 heterocycles. The van der Waals surface area contributed by atoms with Crippen LogP contribution in [0.2, 0.25) is 5.02 Å². The van der Waals surface area contributed by atoms with Crippen LogP contribution in [0.5, 0.6) is 11.5 Å². The number of halogens is 2. The van der Waals surface area contributed by atoms with Crippen LogP contribution in [0.25, 0.3) is 11.3 Å². The number of carbonyl (C=O) groups excluding carboxylic acids is 2. The highest BCUT2D eigenvalue weighted by Crippen LogP contribution is 2.48. The summed E-state index contributed by atoms with van der Waals surface area (Å²) in [5, 5.41) is 14.9. The van der Waals surface area contributed by atoms with Gasteiger partial charge in [-0.2, -0.15) is 5.10 Å². The topological polar surface area (TPSA) is 104 Å². The van der Waals surface area contributed by atoms with E-state index in [0.717, 1.165) is 11.3 Å². The van der Waals surface area contributed by atoms with E-state index in [0.29, 0.717) is 19.6 Å². The molecule has 6 rings (SSSR count). The lowest BCUT2D eigenvalue weighted by atomic mass is 10.0. The van der Waals surface area contributed by atoms with Crippen LogP contribution in [0.4, 0.5) is 10.2 Å². The molecule has 3 aliphatic rings. The van der Waals surface area contributed by atoms with E-state index in [1.54, 1.807) is 20.7 Å². The number of hydrogen-bond acceptors (Lipinski definition) is 7. The van der Waals surface area contributed by atoms with Crippen molar-refractivity contribution in [1.29, 1.82) is 0 Å². The Morgan fingerprint density at radius 3 is 2.79 bits per heavy atom. The Balaban J connectivity index is 1.53. The molecule has 12 heteroatoms. The molecule has 2 amide bonds. The fraction of sp³-hybridized carbons (Fsp3) is 0.333. The third-order valence-electron chi connectivity index (χ3n) is 7.71. The number of anilines is 1. The zero-order valence-electron chi connectivity index (χ0n) is 21.4. The van der Waals surface area contributed by atoms with Crippen molar-refractivity contribution in [2.45, 2.75) is 25.6 Å². The van der Waals surface area contributed by atoms with E-state index < -0.39 is 11.9 Å². The summed E-state index contributed by atoms with van der Waals surface area (Å²) in [6.45, 7) is 6.90. The molecule has 1 aromatic carbocycles. The second kappa shape index (κ2) is 9.26. The normalized spacial score (nSPS) is 20.2. The van der Waals surface area contributed by atoms with Gasteiger partial charge in [-0.05, 0) is 25.1 Å². The van der Waals surface area contributed by atoms with Crippen LogP contribution in [0, 0.1) is 5.82 Å². The van der Waals surface area contributed by atoms with Crippen molar-refractivity contribution in [2.24, 2.45) is 7.05 Å². The highest BCUT2D eigenvalue weighted by Gasteiger charge is 2.43. The maximum Gasteiger partial charge on any atom is 0.261 e. The average molecular weight is 553 g/mol. The molecule has 1 N–H and O–H groups in total. The van der Waals surface area contributed by atoms with Crippen LogP contribution < -0.4 is 9.64 Å². The van der Waals surface area contributed by atoms with Crippen LogP contribution in [0.15, 0.2) is 37.1 Å². The third-order valence-corrected chi connectivity index (χ3v) is 8.06. The van der Waals surface area contributed by atoms with Crippen molar-refractivity contribution >= 4 is 29.2 Å². The molecule has 0 bridgehead atoms. The molecule has 39 heavy (non-hydrogen) atoms. The van der Waals surface area contributed by atoms with Gasteiger partial charge in [0.2, 0.25) is 5.91 Å². The van der Waals surface area contributed by atoms with Gasteiger partial charge in [-0.25, -0.2) is 9.37 Å². The van der Waals surface area contributed by atoms with Gasteiger partial charge in [-0.15, -0.1) is 0 Å². The first-order valence-corrected chi connectivity index (χ1v) is 12.9. The zero-order valence-corrected chi connectivity index (χ0v) is 22.2. The van der Waals surface area contributed by atoms with Crippen molar-refractivity contribution in [2.75, 3.05) is 31.1 Å². The number of phenols is 1. The predicted molar refractivity (Wildman–Crippen MR) is 141 cm³/mol. The van der Waals surface area contributed by atoms with Crippen molar-refractivity contribution in [3.63, 3.8) is 0 Å². The number of benzene rings is 1. The number of nitrogens with zero attached hydrogens (tertiary/aromatic N) is 6. The summed E-state index contributed by atoms with van der Waals surface area (Å²) in [6.07, 6.45) is 3.02. The molecule has 1 unspecified atom stereocenters. The molecule has 3 aromatic rings.